The molecule has 1 heterocycles. The van der Waals surface area contributed by atoms with Gasteiger partial charge in [-0.3, -0.25) is 0 Å². The zero-order valence-corrected chi connectivity index (χ0v) is 13.4. The van der Waals surface area contributed by atoms with Crippen molar-refractivity contribution < 1.29 is 9.90 Å². The van der Waals surface area contributed by atoms with Gasteiger partial charge in [-0.05, 0) is 44.0 Å². The van der Waals surface area contributed by atoms with Gasteiger partial charge in [0.1, 0.15) is 0 Å². The number of carboxylic acid groups (broad SMARTS) is 1. The molecule has 2 aromatic carbocycles. The molecule has 3 aromatic rings. The van der Waals surface area contributed by atoms with Crippen molar-refractivity contribution in [3.05, 3.63) is 70.9 Å². The summed E-state index contributed by atoms with van der Waals surface area (Å²) < 4.78 is 1.51. The SMILES string of the molecule is Cc1ccc(-c2cc(C(=O)O)n(-c3cc(C)ccc3C)n2)cc1. The Balaban J connectivity index is 2.18. The number of rotatable bonds is 3. The minimum atomic E-state index is -0.989. The molecule has 0 saturated carbocycles. The van der Waals surface area contributed by atoms with Crippen LogP contribution in [0.1, 0.15) is 27.2 Å². The average Bonchev–Trinajstić information content (AvgIpc) is 2.95. The van der Waals surface area contributed by atoms with Gasteiger partial charge in [0, 0.05) is 5.56 Å². The third-order valence-corrected chi connectivity index (χ3v) is 3.87. The second-order valence-electron chi connectivity index (χ2n) is 5.79. The van der Waals surface area contributed by atoms with Gasteiger partial charge in [0.15, 0.2) is 5.69 Å². The molecule has 0 aliphatic heterocycles. The minimum Gasteiger partial charge on any atom is -0.477 e. The highest BCUT2D eigenvalue weighted by atomic mass is 16.4. The molecule has 1 N–H and O–H groups in total. The molecule has 3 rings (SSSR count). The summed E-state index contributed by atoms with van der Waals surface area (Å²) in [7, 11) is 0. The normalized spacial score (nSPS) is 10.7. The van der Waals surface area contributed by atoms with Crippen molar-refractivity contribution in [2.45, 2.75) is 20.8 Å². The minimum absolute atomic E-state index is 0.161. The molecule has 0 radical (unpaired) electrons. The number of carboxylic acids is 1. The first-order valence-electron chi connectivity index (χ1n) is 7.44. The first-order valence-corrected chi connectivity index (χ1v) is 7.44. The van der Waals surface area contributed by atoms with E-state index in [0.29, 0.717) is 5.69 Å². The van der Waals surface area contributed by atoms with E-state index in [9.17, 15) is 9.90 Å². The fourth-order valence-corrected chi connectivity index (χ4v) is 2.53. The lowest BCUT2D eigenvalue weighted by atomic mass is 10.1. The van der Waals surface area contributed by atoms with Crippen LogP contribution in [-0.4, -0.2) is 20.9 Å². The lowest BCUT2D eigenvalue weighted by Gasteiger charge is -2.09. The molecule has 0 spiro atoms. The molecule has 4 nitrogen and oxygen atoms in total. The molecule has 1 aromatic heterocycles. The Labute approximate surface area is 135 Å². The van der Waals surface area contributed by atoms with E-state index in [2.05, 4.69) is 5.10 Å². The Morgan fingerprint density at radius 2 is 1.61 bits per heavy atom. The average molecular weight is 306 g/mol. The van der Waals surface area contributed by atoms with Gasteiger partial charge in [-0.1, -0.05) is 42.0 Å². The zero-order chi connectivity index (χ0) is 16.6. The van der Waals surface area contributed by atoms with Crippen LogP contribution >= 0.6 is 0 Å². The van der Waals surface area contributed by atoms with Crippen molar-refractivity contribution >= 4 is 5.97 Å². The maximum Gasteiger partial charge on any atom is 0.354 e. The Hall–Kier alpha value is -2.88. The van der Waals surface area contributed by atoms with E-state index < -0.39 is 5.97 Å². The summed E-state index contributed by atoms with van der Waals surface area (Å²) in [6.45, 7) is 5.95. The first kappa shape index (κ1) is 15.0. The fourth-order valence-electron chi connectivity index (χ4n) is 2.53. The summed E-state index contributed by atoms with van der Waals surface area (Å²) >= 11 is 0. The van der Waals surface area contributed by atoms with Crippen LogP contribution in [0.15, 0.2) is 48.5 Å². The molecule has 0 bridgehead atoms. The van der Waals surface area contributed by atoms with E-state index in [1.165, 1.54) is 4.68 Å². The van der Waals surface area contributed by atoms with Gasteiger partial charge in [-0.15, -0.1) is 0 Å². The smallest absolute Gasteiger partial charge is 0.354 e. The Bertz CT molecular complexity index is 877. The summed E-state index contributed by atoms with van der Waals surface area (Å²) in [6, 6.07) is 15.4. The standard InChI is InChI=1S/C19H18N2O2/c1-12-5-8-15(9-6-12)16-11-18(19(22)23)21(20-16)17-10-13(2)4-7-14(17)3/h4-11H,1-3H3,(H,22,23). The molecule has 0 fully saturated rings. The zero-order valence-electron chi connectivity index (χ0n) is 13.4. The summed E-state index contributed by atoms with van der Waals surface area (Å²) in [6.07, 6.45) is 0. The number of carbonyl (C=O) groups is 1. The predicted molar refractivity (Wildman–Crippen MR) is 90.2 cm³/mol. The topological polar surface area (TPSA) is 55.1 Å². The monoisotopic (exact) mass is 306 g/mol. The van der Waals surface area contributed by atoms with Gasteiger partial charge in [0.05, 0.1) is 11.4 Å². The van der Waals surface area contributed by atoms with Crippen molar-refractivity contribution in [3.8, 4) is 16.9 Å². The molecular formula is C19H18N2O2. The third-order valence-electron chi connectivity index (χ3n) is 3.87. The second kappa shape index (κ2) is 5.72. The van der Waals surface area contributed by atoms with Crippen molar-refractivity contribution in [2.24, 2.45) is 0 Å². The quantitative estimate of drug-likeness (QED) is 0.790. The highest BCUT2D eigenvalue weighted by Crippen LogP contribution is 2.24. The first-order chi connectivity index (χ1) is 11.0. The fraction of sp³-hybridized carbons (Fsp3) is 0.158. The molecule has 0 saturated heterocycles. The number of aryl methyl sites for hydroxylation is 3. The van der Waals surface area contributed by atoms with Crippen LogP contribution in [0.2, 0.25) is 0 Å². The van der Waals surface area contributed by atoms with Gasteiger partial charge < -0.3 is 5.11 Å². The number of aromatic nitrogens is 2. The van der Waals surface area contributed by atoms with Gasteiger partial charge >= 0.3 is 5.97 Å². The van der Waals surface area contributed by atoms with Crippen LogP contribution in [0, 0.1) is 20.8 Å². The molecule has 4 heteroatoms. The van der Waals surface area contributed by atoms with Crippen LogP contribution in [0.3, 0.4) is 0 Å². The van der Waals surface area contributed by atoms with E-state index in [4.69, 9.17) is 0 Å². The molecule has 0 atom stereocenters. The molecular weight excluding hydrogens is 288 g/mol. The maximum absolute atomic E-state index is 11.6. The number of hydrogen-bond donors (Lipinski definition) is 1. The van der Waals surface area contributed by atoms with Crippen LogP contribution < -0.4 is 0 Å². The molecule has 116 valence electrons. The lowest BCUT2D eigenvalue weighted by Crippen LogP contribution is -2.09. The largest absolute Gasteiger partial charge is 0.477 e. The van der Waals surface area contributed by atoms with Crippen molar-refractivity contribution in [1.29, 1.82) is 0 Å². The summed E-state index contributed by atoms with van der Waals surface area (Å²) in [5.41, 5.74) is 5.72. The summed E-state index contributed by atoms with van der Waals surface area (Å²) in [4.78, 5) is 11.6. The van der Waals surface area contributed by atoms with Crippen LogP contribution in [0.4, 0.5) is 0 Å². The predicted octanol–water partition coefficient (Wildman–Crippen LogP) is 4.16. The lowest BCUT2D eigenvalue weighted by molar-refractivity contribution is 0.0687. The third kappa shape index (κ3) is 2.88. The van der Waals surface area contributed by atoms with Crippen molar-refractivity contribution in [1.82, 2.24) is 9.78 Å². The molecule has 23 heavy (non-hydrogen) atoms. The van der Waals surface area contributed by atoms with Gasteiger partial charge in [0.25, 0.3) is 0 Å². The summed E-state index contributed by atoms with van der Waals surface area (Å²) in [5, 5.41) is 14.1. The van der Waals surface area contributed by atoms with Gasteiger partial charge in [-0.25, -0.2) is 9.48 Å². The van der Waals surface area contributed by atoms with Gasteiger partial charge in [-0.2, -0.15) is 5.10 Å². The number of benzene rings is 2. The second-order valence-corrected chi connectivity index (χ2v) is 5.79. The van der Waals surface area contributed by atoms with Gasteiger partial charge in [0.2, 0.25) is 0 Å². The molecule has 0 amide bonds. The number of hydrogen-bond acceptors (Lipinski definition) is 2. The Kier molecular flexibility index (Phi) is 3.74. The number of nitrogens with zero attached hydrogens (tertiary/aromatic N) is 2. The van der Waals surface area contributed by atoms with E-state index in [1.54, 1.807) is 6.07 Å². The molecule has 0 aliphatic rings. The molecule has 0 unspecified atom stereocenters. The molecule has 0 aliphatic carbocycles. The Morgan fingerprint density at radius 1 is 0.957 bits per heavy atom. The number of aromatic carboxylic acids is 1. The van der Waals surface area contributed by atoms with Crippen LogP contribution in [0.25, 0.3) is 16.9 Å². The van der Waals surface area contributed by atoms with E-state index in [-0.39, 0.29) is 5.69 Å². The van der Waals surface area contributed by atoms with Crippen molar-refractivity contribution in [3.63, 3.8) is 0 Å². The highest BCUT2D eigenvalue weighted by Gasteiger charge is 2.17. The van der Waals surface area contributed by atoms with E-state index in [1.807, 2.05) is 63.2 Å². The van der Waals surface area contributed by atoms with E-state index >= 15 is 0 Å². The van der Waals surface area contributed by atoms with Crippen LogP contribution in [0.5, 0.6) is 0 Å². The highest BCUT2D eigenvalue weighted by molar-refractivity contribution is 5.88. The Morgan fingerprint density at radius 3 is 2.26 bits per heavy atom. The van der Waals surface area contributed by atoms with E-state index in [0.717, 1.165) is 27.9 Å². The summed E-state index contributed by atoms with van der Waals surface area (Å²) in [5.74, 6) is -0.989. The maximum atomic E-state index is 11.6. The van der Waals surface area contributed by atoms with Crippen molar-refractivity contribution in [2.75, 3.05) is 0 Å². The van der Waals surface area contributed by atoms with Crippen LogP contribution in [-0.2, 0) is 0 Å².